The van der Waals surface area contributed by atoms with Crippen molar-refractivity contribution in [3.63, 3.8) is 0 Å². The molecule has 2 aliphatic heterocycles. The minimum Gasteiger partial charge on any atom is -0.366 e. The van der Waals surface area contributed by atoms with Gasteiger partial charge in [-0.05, 0) is 19.8 Å². The quantitative estimate of drug-likeness (QED) is 0.689. The maximum Gasteiger partial charge on any atom is 0.253 e. The number of hydrogen-bond acceptors (Lipinski definition) is 5. The molecule has 0 radical (unpaired) electrons. The van der Waals surface area contributed by atoms with E-state index < -0.39 is 16.1 Å². The van der Waals surface area contributed by atoms with Crippen LogP contribution in [0.1, 0.15) is 19.8 Å². The van der Waals surface area contributed by atoms with Gasteiger partial charge in [0.15, 0.2) is 0 Å². The van der Waals surface area contributed by atoms with Gasteiger partial charge in [0, 0.05) is 32.2 Å². The normalized spacial score (nSPS) is 25.6. The fraction of sp³-hybridized carbons (Fsp3) is 0.917. The van der Waals surface area contributed by atoms with Gasteiger partial charge in [0.1, 0.15) is 6.10 Å². The van der Waals surface area contributed by atoms with E-state index in [0.29, 0.717) is 39.1 Å². The molecule has 0 bridgehead atoms. The smallest absolute Gasteiger partial charge is 0.253 e. The molecule has 2 fully saturated rings. The third-order valence-corrected chi connectivity index (χ3v) is 5.19. The SMILES string of the molecule is CCS(=O)(=O)NC1CCN(C(=O)C2CNCCO2)CC1. The van der Waals surface area contributed by atoms with Gasteiger partial charge < -0.3 is 15.0 Å². The summed E-state index contributed by atoms with van der Waals surface area (Å²) in [5, 5.41) is 3.14. The first-order valence-electron chi connectivity index (χ1n) is 7.13. The van der Waals surface area contributed by atoms with Gasteiger partial charge in [0.25, 0.3) is 5.91 Å². The lowest BCUT2D eigenvalue weighted by Gasteiger charge is -2.35. The Kier molecular flexibility index (Phi) is 5.36. The Labute approximate surface area is 120 Å². The number of hydrogen-bond donors (Lipinski definition) is 2. The molecule has 2 rings (SSSR count). The first-order chi connectivity index (χ1) is 9.52. The monoisotopic (exact) mass is 305 g/mol. The van der Waals surface area contributed by atoms with Gasteiger partial charge in [-0.3, -0.25) is 4.79 Å². The largest absolute Gasteiger partial charge is 0.366 e. The van der Waals surface area contributed by atoms with E-state index in [1.807, 2.05) is 0 Å². The van der Waals surface area contributed by atoms with Crippen LogP contribution in [0.15, 0.2) is 0 Å². The van der Waals surface area contributed by atoms with Gasteiger partial charge in [-0.1, -0.05) is 0 Å². The third kappa shape index (κ3) is 4.15. The van der Waals surface area contributed by atoms with E-state index in [1.165, 1.54) is 0 Å². The molecule has 1 amide bonds. The number of piperidine rings is 1. The molecule has 2 heterocycles. The number of likely N-dealkylation sites (tertiary alicyclic amines) is 1. The molecule has 20 heavy (non-hydrogen) atoms. The van der Waals surface area contributed by atoms with Crippen molar-refractivity contribution in [3.8, 4) is 0 Å². The lowest BCUT2D eigenvalue weighted by Crippen LogP contribution is -2.53. The van der Waals surface area contributed by atoms with E-state index in [4.69, 9.17) is 4.74 Å². The van der Waals surface area contributed by atoms with Crippen LogP contribution >= 0.6 is 0 Å². The van der Waals surface area contributed by atoms with Gasteiger partial charge in [-0.2, -0.15) is 0 Å². The lowest BCUT2D eigenvalue weighted by atomic mass is 10.1. The van der Waals surface area contributed by atoms with Crippen molar-refractivity contribution in [1.82, 2.24) is 14.9 Å². The standard InChI is InChI=1S/C12H23N3O4S/c1-2-20(17,18)14-10-3-6-15(7-4-10)12(16)11-9-13-5-8-19-11/h10-11,13-14H,2-9H2,1H3. The molecule has 1 unspecified atom stereocenters. The van der Waals surface area contributed by atoms with Crippen molar-refractivity contribution in [2.75, 3.05) is 38.5 Å². The highest BCUT2D eigenvalue weighted by atomic mass is 32.2. The fourth-order valence-corrected chi connectivity index (χ4v) is 3.39. The Balaban J connectivity index is 1.80. The van der Waals surface area contributed by atoms with E-state index >= 15 is 0 Å². The van der Waals surface area contributed by atoms with Crippen LogP contribution in [0.4, 0.5) is 0 Å². The molecule has 2 saturated heterocycles. The summed E-state index contributed by atoms with van der Waals surface area (Å²) in [7, 11) is -3.17. The molecule has 2 aliphatic rings. The van der Waals surface area contributed by atoms with Gasteiger partial charge in [0.2, 0.25) is 10.0 Å². The molecule has 0 aromatic heterocycles. The Morgan fingerprint density at radius 1 is 1.40 bits per heavy atom. The summed E-state index contributed by atoms with van der Waals surface area (Å²) in [5.74, 6) is 0.0993. The highest BCUT2D eigenvalue weighted by Gasteiger charge is 2.30. The van der Waals surface area contributed by atoms with Crippen molar-refractivity contribution in [3.05, 3.63) is 0 Å². The predicted molar refractivity (Wildman–Crippen MR) is 74.8 cm³/mol. The molecular formula is C12H23N3O4S. The summed E-state index contributed by atoms with van der Waals surface area (Å²) in [6, 6.07) is -0.0607. The molecule has 7 nitrogen and oxygen atoms in total. The molecule has 0 saturated carbocycles. The molecule has 2 N–H and O–H groups in total. The van der Waals surface area contributed by atoms with Crippen LogP contribution in [0.3, 0.4) is 0 Å². The van der Waals surface area contributed by atoms with Crippen LogP contribution in [0.25, 0.3) is 0 Å². The zero-order valence-electron chi connectivity index (χ0n) is 11.8. The topological polar surface area (TPSA) is 87.7 Å². The fourth-order valence-electron chi connectivity index (χ4n) is 2.48. The predicted octanol–water partition coefficient (Wildman–Crippen LogP) is -1.09. The van der Waals surface area contributed by atoms with Crippen LogP contribution in [-0.4, -0.2) is 69.9 Å². The summed E-state index contributed by atoms with van der Waals surface area (Å²) in [4.78, 5) is 14.0. The van der Waals surface area contributed by atoms with Crippen molar-refractivity contribution in [2.45, 2.75) is 31.9 Å². The Hall–Kier alpha value is -0.700. The highest BCUT2D eigenvalue weighted by Crippen LogP contribution is 2.14. The van der Waals surface area contributed by atoms with E-state index in [0.717, 1.165) is 6.54 Å². The number of sulfonamides is 1. The van der Waals surface area contributed by atoms with Crippen LogP contribution in [0.5, 0.6) is 0 Å². The number of carbonyl (C=O) groups is 1. The molecular weight excluding hydrogens is 282 g/mol. The number of nitrogens with zero attached hydrogens (tertiary/aromatic N) is 1. The Morgan fingerprint density at radius 2 is 2.10 bits per heavy atom. The van der Waals surface area contributed by atoms with Crippen LogP contribution in [0, 0.1) is 0 Å². The maximum absolute atomic E-state index is 12.2. The van der Waals surface area contributed by atoms with Gasteiger partial charge in [-0.25, -0.2) is 13.1 Å². The van der Waals surface area contributed by atoms with Gasteiger partial charge in [-0.15, -0.1) is 0 Å². The van der Waals surface area contributed by atoms with E-state index in [1.54, 1.807) is 11.8 Å². The number of morpholine rings is 1. The van der Waals surface area contributed by atoms with Gasteiger partial charge in [0.05, 0.1) is 12.4 Å². The second-order valence-corrected chi connectivity index (χ2v) is 7.23. The van der Waals surface area contributed by atoms with Crippen molar-refractivity contribution >= 4 is 15.9 Å². The molecule has 8 heteroatoms. The van der Waals surface area contributed by atoms with Crippen molar-refractivity contribution in [1.29, 1.82) is 0 Å². The molecule has 0 spiro atoms. The number of ether oxygens (including phenoxy) is 1. The van der Waals surface area contributed by atoms with E-state index in [2.05, 4.69) is 10.0 Å². The Bertz CT molecular complexity index is 426. The number of nitrogens with one attached hydrogen (secondary N) is 2. The van der Waals surface area contributed by atoms with Crippen LogP contribution < -0.4 is 10.0 Å². The summed E-state index contributed by atoms with van der Waals surface area (Å²) in [5.41, 5.74) is 0. The van der Waals surface area contributed by atoms with Crippen molar-refractivity contribution < 1.29 is 17.9 Å². The van der Waals surface area contributed by atoms with Crippen LogP contribution in [-0.2, 0) is 19.6 Å². The molecule has 0 aromatic carbocycles. The zero-order chi connectivity index (χ0) is 14.6. The van der Waals surface area contributed by atoms with Gasteiger partial charge >= 0.3 is 0 Å². The number of carbonyl (C=O) groups excluding carboxylic acids is 1. The molecule has 1 atom stereocenters. The minimum atomic E-state index is -3.17. The number of amides is 1. The average molecular weight is 305 g/mol. The van der Waals surface area contributed by atoms with E-state index in [9.17, 15) is 13.2 Å². The third-order valence-electron chi connectivity index (χ3n) is 3.74. The maximum atomic E-state index is 12.2. The van der Waals surface area contributed by atoms with E-state index in [-0.39, 0.29) is 17.7 Å². The van der Waals surface area contributed by atoms with Crippen molar-refractivity contribution in [2.24, 2.45) is 0 Å². The molecule has 0 aromatic rings. The lowest BCUT2D eigenvalue weighted by molar-refractivity contribution is -0.146. The average Bonchev–Trinajstić information content (AvgIpc) is 2.48. The minimum absolute atomic E-state index is 0.00833. The molecule has 116 valence electrons. The first-order valence-corrected chi connectivity index (χ1v) is 8.78. The number of rotatable bonds is 4. The first kappa shape index (κ1) is 15.7. The zero-order valence-corrected chi connectivity index (χ0v) is 12.6. The summed E-state index contributed by atoms with van der Waals surface area (Å²) in [6.45, 7) is 4.68. The molecule has 0 aliphatic carbocycles. The Morgan fingerprint density at radius 3 is 2.65 bits per heavy atom. The summed E-state index contributed by atoms with van der Waals surface area (Å²) < 4.78 is 31.1. The second-order valence-electron chi connectivity index (χ2n) is 5.18. The summed E-state index contributed by atoms with van der Waals surface area (Å²) in [6.07, 6.45) is 0.920. The second kappa shape index (κ2) is 6.84. The highest BCUT2D eigenvalue weighted by molar-refractivity contribution is 7.89. The summed E-state index contributed by atoms with van der Waals surface area (Å²) >= 11 is 0. The van der Waals surface area contributed by atoms with Crippen LogP contribution in [0.2, 0.25) is 0 Å².